The molecule has 1 saturated carbocycles. The zero-order valence-corrected chi connectivity index (χ0v) is 16.5. The molecular weight excluding hydrogens is 312 g/mol. The van der Waals surface area contributed by atoms with E-state index in [1.807, 2.05) is 6.92 Å². The van der Waals surface area contributed by atoms with Crippen LogP contribution in [0.25, 0.3) is 0 Å². The quantitative estimate of drug-likeness (QED) is 0.765. The molecule has 0 radical (unpaired) electrons. The van der Waals surface area contributed by atoms with E-state index in [1.165, 1.54) is 11.1 Å². The van der Waals surface area contributed by atoms with Crippen molar-refractivity contribution in [2.24, 2.45) is 22.7 Å². The molecule has 3 rings (SSSR count). The number of carbonyl (C=O) groups is 1. The second-order valence-electron chi connectivity index (χ2n) is 8.71. The number of rotatable bonds is 4. The number of ether oxygens (including phenoxy) is 1. The number of allylic oxidation sites excluding steroid dienone is 1. The molecule has 1 N–H and O–H groups in total. The SMILES string of the molecule is CCC(=O)C1(C)CC=C2C(C(O)C=C3CC(OC)CCC32C)C1CC. The van der Waals surface area contributed by atoms with Crippen LogP contribution < -0.4 is 0 Å². The van der Waals surface area contributed by atoms with Gasteiger partial charge in [0.2, 0.25) is 0 Å². The second-order valence-corrected chi connectivity index (χ2v) is 8.71. The van der Waals surface area contributed by atoms with E-state index in [0.29, 0.717) is 12.2 Å². The number of hydrogen-bond acceptors (Lipinski definition) is 3. The van der Waals surface area contributed by atoms with E-state index < -0.39 is 6.10 Å². The van der Waals surface area contributed by atoms with Crippen molar-refractivity contribution in [1.82, 2.24) is 0 Å². The maximum Gasteiger partial charge on any atom is 0.139 e. The van der Waals surface area contributed by atoms with Gasteiger partial charge in [0.25, 0.3) is 0 Å². The largest absolute Gasteiger partial charge is 0.388 e. The molecule has 0 bridgehead atoms. The molecule has 25 heavy (non-hydrogen) atoms. The molecular formula is C22H34O3. The van der Waals surface area contributed by atoms with Gasteiger partial charge in [-0.05, 0) is 31.6 Å². The van der Waals surface area contributed by atoms with Crippen LogP contribution in [0.15, 0.2) is 23.3 Å². The summed E-state index contributed by atoms with van der Waals surface area (Å²) in [6, 6.07) is 0. The Kier molecular flexibility index (Phi) is 5.02. The number of hydrogen-bond donors (Lipinski definition) is 1. The van der Waals surface area contributed by atoms with Crippen LogP contribution in [0.3, 0.4) is 0 Å². The number of carbonyl (C=O) groups excluding carboxylic acids is 1. The van der Waals surface area contributed by atoms with Gasteiger partial charge in [-0.2, -0.15) is 0 Å². The highest BCUT2D eigenvalue weighted by atomic mass is 16.5. The molecule has 0 aromatic rings. The van der Waals surface area contributed by atoms with Crippen molar-refractivity contribution >= 4 is 5.78 Å². The van der Waals surface area contributed by atoms with Crippen LogP contribution in [-0.2, 0) is 9.53 Å². The predicted molar refractivity (Wildman–Crippen MR) is 100 cm³/mol. The Morgan fingerprint density at radius 3 is 2.68 bits per heavy atom. The first-order valence-corrected chi connectivity index (χ1v) is 9.97. The molecule has 0 aromatic carbocycles. The van der Waals surface area contributed by atoms with Crippen LogP contribution in [-0.4, -0.2) is 30.2 Å². The Balaban J connectivity index is 2.04. The van der Waals surface area contributed by atoms with Gasteiger partial charge in [0.1, 0.15) is 5.78 Å². The molecule has 140 valence electrons. The summed E-state index contributed by atoms with van der Waals surface area (Å²) in [5.74, 6) is 0.627. The van der Waals surface area contributed by atoms with Gasteiger partial charge in [-0.15, -0.1) is 0 Å². The normalized spacial score (nSPS) is 43.6. The molecule has 3 heteroatoms. The summed E-state index contributed by atoms with van der Waals surface area (Å²) in [6.07, 6.45) is 9.55. The minimum absolute atomic E-state index is 0.0307. The fourth-order valence-corrected chi connectivity index (χ4v) is 5.94. The average molecular weight is 347 g/mol. The van der Waals surface area contributed by atoms with Crippen molar-refractivity contribution in [3.05, 3.63) is 23.3 Å². The molecule has 0 heterocycles. The smallest absolute Gasteiger partial charge is 0.139 e. The summed E-state index contributed by atoms with van der Waals surface area (Å²) >= 11 is 0. The summed E-state index contributed by atoms with van der Waals surface area (Å²) < 4.78 is 5.59. The van der Waals surface area contributed by atoms with E-state index in [1.54, 1.807) is 7.11 Å². The summed E-state index contributed by atoms with van der Waals surface area (Å²) in [7, 11) is 1.78. The van der Waals surface area contributed by atoms with Gasteiger partial charge in [-0.3, -0.25) is 4.79 Å². The van der Waals surface area contributed by atoms with Gasteiger partial charge in [0.15, 0.2) is 0 Å². The summed E-state index contributed by atoms with van der Waals surface area (Å²) in [5.41, 5.74) is 2.41. The Bertz CT molecular complexity index is 604. The number of ketones is 1. The lowest BCUT2D eigenvalue weighted by Crippen LogP contribution is -2.51. The van der Waals surface area contributed by atoms with Crippen LogP contribution in [0.5, 0.6) is 0 Å². The third kappa shape index (κ3) is 2.75. The highest BCUT2D eigenvalue weighted by Crippen LogP contribution is 2.59. The Hall–Kier alpha value is -0.930. The second kappa shape index (κ2) is 6.66. The third-order valence-corrected chi connectivity index (χ3v) is 7.59. The van der Waals surface area contributed by atoms with Crippen molar-refractivity contribution in [3.8, 4) is 0 Å². The van der Waals surface area contributed by atoms with E-state index >= 15 is 0 Å². The first kappa shape index (κ1) is 18.8. The molecule has 0 saturated heterocycles. The van der Waals surface area contributed by atoms with Crippen LogP contribution in [0.4, 0.5) is 0 Å². The average Bonchev–Trinajstić information content (AvgIpc) is 2.61. The number of aliphatic hydroxyl groups is 1. The Labute approximate surface area is 152 Å². The maximum atomic E-state index is 12.7. The lowest BCUT2D eigenvalue weighted by molar-refractivity contribution is -0.133. The van der Waals surface area contributed by atoms with Gasteiger partial charge in [0.05, 0.1) is 12.2 Å². The first-order valence-electron chi connectivity index (χ1n) is 9.97. The topological polar surface area (TPSA) is 46.5 Å². The monoisotopic (exact) mass is 346 g/mol. The first-order chi connectivity index (χ1) is 11.8. The molecule has 0 aromatic heterocycles. The number of Topliss-reactive ketones (excluding diaryl/α,β-unsaturated/α-hetero) is 1. The Morgan fingerprint density at radius 1 is 1.36 bits per heavy atom. The lowest BCUT2D eigenvalue weighted by atomic mass is 9.50. The van der Waals surface area contributed by atoms with Gasteiger partial charge < -0.3 is 9.84 Å². The fourth-order valence-electron chi connectivity index (χ4n) is 5.94. The number of methoxy groups -OCH3 is 1. The predicted octanol–water partition coefficient (Wildman–Crippen LogP) is 4.45. The van der Waals surface area contributed by atoms with Crippen LogP contribution in [0.2, 0.25) is 0 Å². The lowest BCUT2D eigenvalue weighted by Gasteiger charge is -2.55. The van der Waals surface area contributed by atoms with E-state index in [-0.39, 0.29) is 28.8 Å². The van der Waals surface area contributed by atoms with Gasteiger partial charge in [0, 0.05) is 30.3 Å². The summed E-state index contributed by atoms with van der Waals surface area (Å²) in [5, 5.41) is 11.0. The van der Waals surface area contributed by atoms with E-state index in [9.17, 15) is 9.90 Å². The molecule has 3 nitrogen and oxygen atoms in total. The van der Waals surface area contributed by atoms with Gasteiger partial charge in [-0.1, -0.05) is 57.4 Å². The van der Waals surface area contributed by atoms with Crippen molar-refractivity contribution in [3.63, 3.8) is 0 Å². The van der Waals surface area contributed by atoms with Crippen molar-refractivity contribution in [1.29, 1.82) is 0 Å². The van der Waals surface area contributed by atoms with Crippen molar-refractivity contribution in [2.75, 3.05) is 7.11 Å². The molecule has 6 atom stereocenters. The van der Waals surface area contributed by atoms with Gasteiger partial charge in [-0.25, -0.2) is 0 Å². The molecule has 0 amide bonds. The van der Waals surface area contributed by atoms with E-state index in [2.05, 4.69) is 32.9 Å². The minimum Gasteiger partial charge on any atom is -0.388 e. The molecule has 3 aliphatic rings. The fraction of sp³-hybridized carbons (Fsp3) is 0.773. The van der Waals surface area contributed by atoms with Gasteiger partial charge >= 0.3 is 0 Å². The summed E-state index contributed by atoms with van der Waals surface area (Å²) in [4.78, 5) is 12.7. The summed E-state index contributed by atoms with van der Waals surface area (Å²) in [6.45, 7) is 8.59. The zero-order valence-electron chi connectivity index (χ0n) is 16.5. The standard InChI is InChI=1S/C22H34O3/c1-6-16-20-17(9-11-22(16,4)19(24)7-2)21(3)10-8-15(25-5)12-14(21)13-18(20)23/h9,13,15-16,18,20,23H,6-8,10-12H2,1-5H3. The highest BCUT2D eigenvalue weighted by Gasteiger charge is 2.54. The zero-order chi connectivity index (χ0) is 18.4. The van der Waals surface area contributed by atoms with Crippen molar-refractivity contribution in [2.45, 2.75) is 78.4 Å². The van der Waals surface area contributed by atoms with Crippen molar-refractivity contribution < 1.29 is 14.6 Å². The number of aliphatic hydroxyl groups excluding tert-OH is 1. The van der Waals surface area contributed by atoms with Crippen LogP contribution in [0, 0.1) is 22.7 Å². The molecule has 3 aliphatic carbocycles. The molecule has 0 aliphatic heterocycles. The Morgan fingerprint density at radius 2 is 2.08 bits per heavy atom. The van der Waals surface area contributed by atoms with E-state index in [0.717, 1.165) is 32.1 Å². The molecule has 6 unspecified atom stereocenters. The van der Waals surface area contributed by atoms with Crippen LogP contribution >= 0.6 is 0 Å². The van der Waals surface area contributed by atoms with Crippen LogP contribution in [0.1, 0.15) is 66.2 Å². The maximum absolute atomic E-state index is 12.7. The van der Waals surface area contributed by atoms with E-state index in [4.69, 9.17) is 4.74 Å². The minimum atomic E-state index is -0.487. The molecule has 1 fully saturated rings. The third-order valence-electron chi connectivity index (χ3n) is 7.59. The highest BCUT2D eigenvalue weighted by molar-refractivity contribution is 5.85. The number of fused-ring (bicyclic) bond motifs is 3. The molecule has 0 spiro atoms.